The van der Waals surface area contributed by atoms with E-state index in [1.807, 2.05) is 48.5 Å². The van der Waals surface area contributed by atoms with E-state index in [0.29, 0.717) is 0 Å². The van der Waals surface area contributed by atoms with Crippen LogP contribution < -0.4 is 10.6 Å². The van der Waals surface area contributed by atoms with Gasteiger partial charge in [-0.1, -0.05) is 71.7 Å². The van der Waals surface area contributed by atoms with Gasteiger partial charge in [0.05, 0.1) is 15.7 Å². The lowest BCUT2D eigenvalue weighted by Crippen LogP contribution is -2.38. The van der Waals surface area contributed by atoms with Crippen LogP contribution in [0.4, 0.5) is 10.5 Å². The molecule has 0 radical (unpaired) electrons. The van der Waals surface area contributed by atoms with Crippen LogP contribution in [0.3, 0.4) is 0 Å². The predicted octanol–water partition coefficient (Wildman–Crippen LogP) is 5.56. The second-order valence-electron chi connectivity index (χ2n) is 7.80. The third kappa shape index (κ3) is 4.71. The average Bonchev–Trinajstić information content (AvgIpc) is 3.13. The SMILES string of the molecule is C[C@@H](NC(=O)c1cc(Cl)c(NC(=O)OCC2c3ccccc3-c3ccccc32)c(Cl)c1)C(=O)O. The van der Waals surface area contributed by atoms with Crippen molar-refractivity contribution in [3.05, 3.63) is 87.4 Å². The van der Waals surface area contributed by atoms with E-state index in [1.54, 1.807) is 0 Å². The standard InChI is InChI=1S/C25H20Cl2N2O5/c1-13(24(31)32)28-23(30)14-10-20(26)22(21(27)11-14)29-25(33)34-12-19-17-8-4-2-6-15(17)16-7-3-5-9-18(16)19/h2-11,13,19H,12H2,1H3,(H,28,30)(H,29,33)(H,31,32)/t13-/m1/s1. The van der Waals surface area contributed by atoms with Crippen molar-refractivity contribution in [2.24, 2.45) is 0 Å². The van der Waals surface area contributed by atoms with Crippen molar-refractivity contribution < 1.29 is 24.2 Å². The van der Waals surface area contributed by atoms with E-state index in [0.717, 1.165) is 22.3 Å². The summed E-state index contributed by atoms with van der Waals surface area (Å²) in [4.78, 5) is 35.7. The fraction of sp³-hybridized carbons (Fsp3) is 0.160. The maximum absolute atomic E-state index is 12.5. The maximum atomic E-state index is 12.5. The Hall–Kier alpha value is -3.55. The van der Waals surface area contributed by atoms with Crippen molar-refractivity contribution >= 4 is 46.9 Å². The van der Waals surface area contributed by atoms with Gasteiger partial charge in [0, 0.05) is 11.5 Å². The molecule has 0 heterocycles. The topological polar surface area (TPSA) is 105 Å². The normalized spacial score (nSPS) is 12.9. The summed E-state index contributed by atoms with van der Waals surface area (Å²) in [5.41, 5.74) is 4.54. The molecule has 1 atom stereocenters. The number of rotatable bonds is 6. The molecule has 9 heteroatoms. The highest BCUT2D eigenvalue weighted by atomic mass is 35.5. The number of carbonyl (C=O) groups is 3. The molecule has 4 rings (SSSR count). The van der Waals surface area contributed by atoms with Crippen LogP contribution in [0.2, 0.25) is 10.0 Å². The molecular weight excluding hydrogens is 479 g/mol. The summed E-state index contributed by atoms with van der Waals surface area (Å²) >= 11 is 12.5. The minimum atomic E-state index is -1.18. The highest BCUT2D eigenvalue weighted by Gasteiger charge is 2.29. The molecule has 0 saturated heterocycles. The molecule has 3 N–H and O–H groups in total. The number of anilines is 1. The number of carbonyl (C=O) groups excluding carboxylic acids is 2. The molecule has 0 aliphatic heterocycles. The Bertz CT molecular complexity index is 1230. The first-order chi connectivity index (χ1) is 16.3. The average molecular weight is 499 g/mol. The lowest BCUT2D eigenvalue weighted by atomic mass is 9.98. The van der Waals surface area contributed by atoms with Crippen LogP contribution in [0.25, 0.3) is 11.1 Å². The van der Waals surface area contributed by atoms with Crippen LogP contribution >= 0.6 is 23.2 Å². The predicted molar refractivity (Wildman–Crippen MR) is 130 cm³/mol. The number of amides is 2. The van der Waals surface area contributed by atoms with Crippen LogP contribution in [0.1, 0.15) is 34.3 Å². The Labute approximate surface area is 205 Å². The van der Waals surface area contributed by atoms with Gasteiger partial charge < -0.3 is 15.2 Å². The minimum absolute atomic E-state index is 0.00846. The zero-order valence-electron chi connectivity index (χ0n) is 18.0. The van der Waals surface area contributed by atoms with E-state index in [1.165, 1.54) is 19.1 Å². The maximum Gasteiger partial charge on any atom is 0.411 e. The monoisotopic (exact) mass is 498 g/mol. The summed E-state index contributed by atoms with van der Waals surface area (Å²) in [6.07, 6.45) is -0.748. The lowest BCUT2D eigenvalue weighted by molar-refractivity contribution is -0.138. The number of hydrogen-bond donors (Lipinski definition) is 3. The molecule has 0 bridgehead atoms. The Morgan fingerprint density at radius 2 is 1.50 bits per heavy atom. The Morgan fingerprint density at radius 1 is 0.971 bits per heavy atom. The number of nitrogens with one attached hydrogen (secondary N) is 2. The van der Waals surface area contributed by atoms with Gasteiger partial charge in [-0.3, -0.25) is 14.9 Å². The van der Waals surface area contributed by atoms with Crippen molar-refractivity contribution in [1.82, 2.24) is 5.32 Å². The van der Waals surface area contributed by atoms with Gasteiger partial charge in [-0.25, -0.2) is 4.79 Å². The van der Waals surface area contributed by atoms with Gasteiger partial charge in [0.15, 0.2) is 0 Å². The number of fused-ring (bicyclic) bond motifs is 3. The first kappa shape index (κ1) is 23.6. The van der Waals surface area contributed by atoms with E-state index in [4.69, 9.17) is 33.0 Å². The molecule has 0 saturated carbocycles. The largest absolute Gasteiger partial charge is 0.480 e. The molecular formula is C25H20Cl2N2O5. The van der Waals surface area contributed by atoms with Crippen LogP contribution in [-0.2, 0) is 9.53 Å². The van der Waals surface area contributed by atoms with Gasteiger partial charge in [-0.2, -0.15) is 0 Å². The van der Waals surface area contributed by atoms with Gasteiger partial charge in [-0.15, -0.1) is 0 Å². The number of hydrogen-bond acceptors (Lipinski definition) is 4. The number of carboxylic acid groups (broad SMARTS) is 1. The van der Waals surface area contributed by atoms with Crippen LogP contribution in [0, 0.1) is 0 Å². The Balaban J connectivity index is 1.45. The minimum Gasteiger partial charge on any atom is -0.480 e. The Kier molecular flexibility index (Phi) is 6.77. The summed E-state index contributed by atoms with van der Waals surface area (Å²) < 4.78 is 5.50. The molecule has 0 spiro atoms. The van der Waals surface area contributed by atoms with Crippen LogP contribution in [0.5, 0.6) is 0 Å². The molecule has 0 unspecified atom stereocenters. The highest BCUT2D eigenvalue weighted by molar-refractivity contribution is 6.40. The molecule has 174 valence electrons. The molecule has 7 nitrogen and oxygen atoms in total. The van der Waals surface area contributed by atoms with Crippen LogP contribution in [0.15, 0.2) is 60.7 Å². The first-order valence-corrected chi connectivity index (χ1v) is 11.2. The van der Waals surface area contributed by atoms with E-state index in [-0.39, 0.29) is 33.8 Å². The summed E-state index contributed by atoms with van der Waals surface area (Å²) in [6, 6.07) is 17.5. The first-order valence-electron chi connectivity index (χ1n) is 10.4. The fourth-order valence-corrected chi connectivity index (χ4v) is 4.48. The number of carboxylic acids is 1. The molecule has 1 aliphatic carbocycles. The number of aliphatic carboxylic acids is 1. The van der Waals surface area contributed by atoms with Gasteiger partial charge in [0.25, 0.3) is 5.91 Å². The second kappa shape index (κ2) is 9.75. The second-order valence-corrected chi connectivity index (χ2v) is 8.61. The smallest absolute Gasteiger partial charge is 0.411 e. The highest BCUT2D eigenvalue weighted by Crippen LogP contribution is 2.44. The fourth-order valence-electron chi connectivity index (χ4n) is 3.90. The molecule has 3 aromatic carbocycles. The van der Waals surface area contributed by atoms with Gasteiger partial charge in [0.1, 0.15) is 12.6 Å². The molecule has 1 aliphatic rings. The quantitative estimate of drug-likeness (QED) is 0.412. The number of benzene rings is 3. The summed E-state index contributed by atoms with van der Waals surface area (Å²) in [7, 11) is 0. The van der Waals surface area contributed by atoms with Crippen molar-refractivity contribution in [2.45, 2.75) is 18.9 Å². The molecule has 3 aromatic rings. The van der Waals surface area contributed by atoms with Gasteiger partial charge in [-0.05, 0) is 41.3 Å². The van der Waals surface area contributed by atoms with E-state index < -0.39 is 24.0 Å². The van der Waals surface area contributed by atoms with E-state index in [2.05, 4.69) is 10.6 Å². The third-order valence-electron chi connectivity index (χ3n) is 5.59. The number of ether oxygens (including phenoxy) is 1. The van der Waals surface area contributed by atoms with Gasteiger partial charge in [0.2, 0.25) is 0 Å². The zero-order valence-corrected chi connectivity index (χ0v) is 19.5. The summed E-state index contributed by atoms with van der Waals surface area (Å²) in [5.74, 6) is -1.95. The Morgan fingerprint density at radius 3 is 2.03 bits per heavy atom. The molecule has 34 heavy (non-hydrogen) atoms. The van der Waals surface area contributed by atoms with Crippen molar-refractivity contribution in [3.8, 4) is 11.1 Å². The zero-order chi connectivity index (χ0) is 24.4. The van der Waals surface area contributed by atoms with E-state index >= 15 is 0 Å². The lowest BCUT2D eigenvalue weighted by Gasteiger charge is -2.16. The van der Waals surface area contributed by atoms with E-state index in [9.17, 15) is 14.4 Å². The summed E-state index contributed by atoms with van der Waals surface area (Å²) in [5, 5.41) is 13.8. The van der Waals surface area contributed by atoms with Crippen LogP contribution in [-0.4, -0.2) is 35.7 Å². The van der Waals surface area contributed by atoms with Gasteiger partial charge >= 0.3 is 12.1 Å². The molecule has 0 fully saturated rings. The summed E-state index contributed by atoms with van der Waals surface area (Å²) in [6.45, 7) is 1.44. The number of halogens is 2. The molecule has 0 aromatic heterocycles. The third-order valence-corrected chi connectivity index (χ3v) is 6.19. The van der Waals surface area contributed by atoms with Crippen molar-refractivity contribution in [3.63, 3.8) is 0 Å². The van der Waals surface area contributed by atoms with Crippen molar-refractivity contribution in [1.29, 1.82) is 0 Å². The molecule has 2 amide bonds. The van der Waals surface area contributed by atoms with Crippen molar-refractivity contribution in [2.75, 3.05) is 11.9 Å².